The normalized spacial score (nSPS) is 23.9. The molecule has 45 heavy (non-hydrogen) atoms. The number of alkyl halides is 3. The lowest BCUT2D eigenvalue weighted by molar-refractivity contribution is -0.150. The lowest BCUT2D eigenvalue weighted by Gasteiger charge is -2.34. The van der Waals surface area contributed by atoms with Crippen molar-refractivity contribution < 1.29 is 59.7 Å². The third-order valence-electron chi connectivity index (χ3n) is 8.07. The summed E-state index contributed by atoms with van der Waals surface area (Å²) in [5.74, 6) is -4.58. The van der Waals surface area contributed by atoms with Crippen LogP contribution in [0.25, 0.3) is 0 Å². The van der Waals surface area contributed by atoms with E-state index in [0.29, 0.717) is 31.7 Å². The number of carboxylic acids is 1. The second-order valence-electron chi connectivity index (χ2n) is 11.2. The Balaban J connectivity index is 1.48. The van der Waals surface area contributed by atoms with Gasteiger partial charge in [-0.25, -0.2) is 12.8 Å². The maximum atomic E-state index is 14.9. The SMILES string of the molecule is COc1cc(F)c(OC2CCC(C)(C(=O)O)CC2)cc1C(=O)NC1CCOCC1C(=O)Nc1cccc(S(=O)(=O)C(F)(F)F)c1. The minimum absolute atomic E-state index is 0.101. The molecule has 0 bridgehead atoms. The van der Waals surface area contributed by atoms with E-state index >= 15 is 0 Å². The number of methoxy groups -OCH3 is 1. The van der Waals surface area contributed by atoms with Gasteiger partial charge in [0.1, 0.15) is 5.75 Å². The molecular weight excluding hydrogens is 628 g/mol. The Morgan fingerprint density at radius 3 is 2.38 bits per heavy atom. The third kappa shape index (κ3) is 7.49. The average Bonchev–Trinajstić information content (AvgIpc) is 2.98. The predicted molar refractivity (Wildman–Crippen MR) is 150 cm³/mol. The van der Waals surface area contributed by atoms with Gasteiger partial charge in [-0.2, -0.15) is 13.2 Å². The molecule has 1 aliphatic heterocycles. The van der Waals surface area contributed by atoms with Gasteiger partial charge in [0.2, 0.25) is 5.91 Å². The number of amides is 2. The number of sulfone groups is 1. The van der Waals surface area contributed by atoms with Gasteiger partial charge in [-0.1, -0.05) is 6.07 Å². The monoisotopic (exact) mass is 660 g/mol. The number of carbonyl (C=O) groups is 3. The molecule has 246 valence electrons. The molecule has 2 aromatic rings. The summed E-state index contributed by atoms with van der Waals surface area (Å²) < 4.78 is 93.9. The molecule has 0 radical (unpaired) electrons. The van der Waals surface area contributed by atoms with Gasteiger partial charge >= 0.3 is 11.5 Å². The standard InChI is InChI=1S/C29H32F4N2O9S/c1-28(27(38)39)9-6-17(7-10-28)44-24-13-19(23(42-2)14-21(24)30)25(36)35-22-8-11-43-15-20(22)26(37)34-16-4-3-5-18(12-16)45(40,41)29(31,32)33/h3-5,12-14,17,20,22H,6-11,15H2,1-2H3,(H,34,37)(H,35,36)(H,38,39). The summed E-state index contributed by atoms with van der Waals surface area (Å²) in [6, 6.07) is 4.99. The van der Waals surface area contributed by atoms with Crippen LogP contribution >= 0.6 is 0 Å². The number of hydrogen-bond acceptors (Lipinski definition) is 8. The first-order valence-corrected chi connectivity index (χ1v) is 15.4. The van der Waals surface area contributed by atoms with Gasteiger partial charge in [0, 0.05) is 24.4 Å². The maximum Gasteiger partial charge on any atom is 0.501 e. The van der Waals surface area contributed by atoms with Crippen LogP contribution in [0, 0.1) is 17.2 Å². The largest absolute Gasteiger partial charge is 0.501 e. The minimum atomic E-state index is -5.65. The van der Waals surface area contributed by atoms with E-state index in [4.69, 9.17) is 14.2 Å². The Hall–Kier alpha value is -3.92. The highest BCUT2D eigenvalue weighted by molar-refractivity contribution is 7.92. The molecule has 2 atom stereocenters. The van der Waals surface area contributed by atoms with Crippen molar-refractivity contribution in [2.75, 3.05) is 25.6 Å². The first-order chi connectivity index (χ1) is 21.1. The maximum absolute atomic E-state index is 14.9. The van der Waals surface area contributed by atoms with Crippen LogP contribution in [0.4, 0.5) is 23.2 Å². The summed E-state index contributed by atoms with van der Waals surface area (Å²) in [7, 11) is -4.42. The number of carbonyl (C=O) groups excluding carboxylic acids is 2. The van der Waals surface area contributed by atoms with Gasteiger partial charge in [-0.3, -0.25) is 14.4 Å². The van der Waals surface area contributed by atoms with Crippen LogP contribution in [0.1, 0.15) is 49.4 Å². The lowest BCUT2D eigenvalue weighted by Crippen LogP contribution is -2.50. The van der Waals surface area contributed by atoms with Crippen molar-refractivity contribution in [2.24, 2.45) is 11.3 Å². The third-order valence-corrected chi connectivity index (χ3v) is 9.55. The zero-order chi connectivity index (χ0) is 33.2. The molecule has 11 nitrogen and oxygen atoms in total. The lowest BCUT2D eigenvalue weighted by atomic mass is 9.75. The van der Waals surface area contributed by atoms with Crippen LogP contribution in [-0.4, -0.2) is 69.3 Å². The van der Waals surface area contributed by atoms with Crippen molar-refractivity contribution in [3.63, 3.8) is 0 Å². The Morgan fingerprint density at radius 2 is 1.76 bits per heavy atom. The quantitative estimate of drug-likeness (QED) is 0.334. The van der Waals surface area contributed by atoms with Crippen LogP contribution in [0.15, 0.2) is 41.3 Å². The van der Waals surface area contributed by atoms with Gasteiger partial charge in [0.25, 0.3) is 15.7 Å². The fraction of sp³-hybridized carbons (Fsp3) is 0.483. The van der Waals surface area contributed by atoms with Crippen molar-refractivity contribution in [2.45, 2.75) is 61.6 Å². The number of anilines is 1. The zero-order valence-corrected chi connectivity index (χ0v) is 25.1. The van der Waals surface area contributed by atoms with Gasteiger partial charge in [0.05, 0.1) is 41.6 Å². The van der Waals surface area contributed by atoms with Crippen molar-refractivity contribution in [1.29, 1.82) is 0 Å². The molecule has 0 spiro atoms. The Bertz CT molecular complexity index is 1560. The second-order valence-corrected chi connectivity index (χ2v) is 13.1. The van der Waals surface area contributed by atoms with Crippen molar-refractivity contribution in [3.05, 3.63) is 47.8 Å². The van der Waals surface area contributed by atoms with Crippen molar-refractivity contribution >= 4 is 33.3 Å². The first kappa shape index (κ1) is 34.0. The number of hydrogen-bond donors (Lipinski definition) is 3. The topological polar surface area (TPSA) is 157 Å². The van der Waals surface area contributed by atoms with Gasteiger partial charge in [-0.15, -0.1) is 0 Å². The van der Waals surface area contributed by atoms with Crippen molar-refractivity contribution in [1.82, 2.24) is 5.32 Å². The Labute approximate surface area is 256 Å². The highest BCUT2D eigenvalue weighted by Gasteiger charge is 2.47. The van der Waals surface area contributed by atoms with E-state index in [1.54, 1.807) is 6.92 Å². The first-order valence-electron chi connectivity index (χ1n) is 13.9. The summed E-state index contributed by atoms with van der Waals surface area (Å²) in [6.45, 7) is 1.64. The molecule has 2 aromatic carbocycles. The molecule has 3 N–H and O–H groups in total. The van der Waals surface area contributed by atoms with E-state index in [1.807, 2.05) is 0 Å². The minimum Gasteiger partial charge on any atom is -0.496 e. The smallest absolute Gasteiger partial charge is 0.496 e. The van der Waals surface area contributed by atoms with E-state index in [2.05, 4.69) is 10.6 Å². The Morgan fingerprint density at radius 1 is 1.07 bits per heavy atom. The molecule has 2 unspecified atom stereocenters. The molecular formula is C29H32F4N2O9S. The molecule has 1 saturated heterocycles. The fourth-order valence-electron chi connectivity index (χ4n) is 5.24. The van der Waals surface area contributed by atoms with Crippen LogP contribution < -0.4 is 20.1 Å². The Kier molecular flexibility index (Phi) is 9.97. The van der Waals surface area contributed by atoms with E-state index in [1.165, 1.54) is 13.2 Å². The number of halogens is 4. The summed E-state index contributed by atoms with van der Waals surface area (Å²) in [5, 5.41) is 14.5. The average molecular weight is 661 g/mol. The summed E-state index contributed by atoms with van der Waals surface area (Å²) >= 11 is 0. The van der Waals surface area contributed by atoms with E-state index in [-0.39, 0.29) is 42.4 Å². The molecule has 2 amide bonds. The molecule has 16 heteroatoms. The van der Waals surface area contributed by atoms with Gasteiger partial charge in [0.15, 0.2) is 11.6 Å². The number of rotatable bonds is 9. The van der Waals surface area contributed by atoms with Crippen LogP contribution in [-0.2, 0) is 24.2 Å². The van der Waals surface area contributed by atoms with Crippen LogP contribution in [0.2, 0.25) is 0 Å². The van der Waals surface area contributed by atoms with E-state index in [9.17, 15) is 45.5 Å². The fourth-order valence-corrected chi connectivity index (χ4v) is 6.04. The number of benzene rings is 2. The summed E-state index contributed by atoms with van der Waals surface area (Å²) in [4.78, 5) is 37.0. The molecule has 2 aliphatic rings. The van der Waals surface area contributed by atoms with Gasteiger partial charge < -0.3 is 30.0 Å². The molecule has 4 rings (SSSR count). The van der Waals surface area contributed by atoms with E-state index in [0.717, 1.165) is 24.3 Å². The van der Waals surface area contributed by atoms with Crippen LogP contribution in [0.5, 0.6) is 11.5 Å². The number of nitrogens with one attached hydrogen (secondary N) is 2. The molecule has 1 saturated carbocycles. The zero-order valence-electron chi connectivity index (χ0n) is 24.3. The molecule has 0 aromatic heterocycles. The predicted octanol–water partition coefficient (Wildman–Crippen LogP) is 4.31. The number of ether oxygens (including phenoxy) is 3. The second kappa shape index (κ2) is 13.2. The highest BCUT2D eigenvalue weighted by atomic mass is 32.2. The number of aliphatic carboxylic acids is 1. The van der Waals surface area contributed by atoms with Gasteiger partial charge in [-0.05, 0) is 63.3 Å². The number of carboxylic acid groups (broad SMARTS) is 1. The molecule has 2 fully saturated rings. The summed E-state index contributed by atoms with van der Waals surface area (Å²) in [5.41, 5.74) is -6.75. The van der Waals surface area contributed by atoms with Crippen molar-refractivity contribution in [3.8, 4) is 11.5 Å². The molecule has 1 heterocycles. The summed E-state index contributed by atoms with van der Waals surface area (Å²) in [6.07, 6.45) is 1.06. The molecule has 1 aliphatic carbocycles. The van der Waals surface area contributed by atoms with Crippen LogP contribution in [0.3, 0.4) is 0 Å². The highest BCUT2D eigenvalue weighted by Crippen LogP contribution is 2.39. The van der Waals surface area contributed by atoms with E-state index < -0.39 is 67.3 Å².